The molecule has 2 heterocycles. The molecule has 2 rings (SSSR count). The van der Waals surface area contributed by atoms with E-state index >= 15 is 0 Å². The van der Waals surface area contributed by atoms with Crippen molar-refractivity contribution in [3.8, 4) is 0 Å². The van der Waals surface area contributed by atoms with Gasteiger partial charge in [0.2, 0.25) is 0 Å². The van der Waals surface area contributed by atoms with Crippen molar-refractivity contribution < 1.29 is 14.3 Å². The Morgan fingerprint density at radius 1 is 1.43 bits per heavy atom. The van der Waals surface area contributed by atoms with Gasteiger partial charge in [0.05, 0.1) is 15.8 Å². The van der Waals surface area contributed by atoms with Crippen LogP contribution in [0.15, 0.2) is 6.07 Å². The van der Waals surface area contributed by atoms with Crippen molar-refractivity contribution in [2.75, 3.05) is 0 Å². The second-order valence-electron chi connectivity index (χ2n) is 6.67. The smallest absolute Gasteiger partial charge is 0.432 e. The van der Waals surface area contributed by atoms with E-state index in [1.54, 1.807) is 11.3 Å². The molecule has 0 saturated heterocycles. The van der Waals surface area contributed by atoms with Crippen molar-refractivity contribution in [2.45, 2.75) is 45.3 Å². The first-order valence-electron chi connectivity index (χ1n) is 6.57. The Hall–Kier alpha value is -0.453. The van der Waals surface area contributed by atoms with Crippen molar-refractivity contribution in [3.05, 3.63) is 14.6 Å². The van der Waals surface area contributed by atoms with Gasteiger partial charge in [-0.2, -0.15) is 9.78 Å². The van der Waals surface area contributed by atoms with Gasteiger partial charge in [-0.05, 0) is 47.5 Å². The first-order valence-corrected chi connectivity index (χ1v) is 9.75. The molecule has 0 aromatic carbocycles. The lowest BCUT2D eigenvalue weighted by atomic mass is 10.1. The summed E-state index contributed by atoms with van der Waals surface area (Å²) in [6, 6.07) is 1.89. The van der Waals surface area contributed by atoms with Crippen LogP contribution in [-0.4, -0.2) is 30.7 Å². The first-order chi connectivity index (χ1) is 9.51. The zero-order valence-corrected chi connectivity index (χ0v) is 17.1. The summed E-state index contributed by atoms with van der Waals surface area (Å²) in [6.07, 6.45) is -1.06. The molecule has 0 amide bonds. The Labute approximate surface area is 143 Å². The molecule has 0 bridgehead atoms. The second kappa shape index (κ2) is 5.63. The second-order valence-corrected chi connectivity index (χ2v) is 11.4. The third-order valence-corrected chi connectivity index (χ3v) is 7.25. The van der Waals surface area contributed by atoms with Gasteiger partial charge in [-0.25, -0.2) is 4.79 Å². The molecule has 0 saturated carbocycles. The Morgan fingerprint density at radius 3 is 2.57 bits per heavy atom. The Kier molecular flexibility index (Phi) is 4.54. The number of nitrogens with zero attached hydrogens (tertiary/aromatic N) is 2. The number of hydrogen-bond acceptors (Lipinski definition) is 4. The van der Waals surface area contributed by atoms with Gasteiger partial charge in [0.15, 0.2) is 9.76 Å². The number of rotatable bonds is 3. The van der Waals surface area contributed by atoms with Crippen molar-refractivity contribution >= 4 is 60.0 Å². The van der Waals surface area contributed by atoms with Crippen LogP contribution in [-0.2, 0) is 10.0 Å². The molecule has 0 atom stereocenters. The number of fused-ring (bicyclic) bond motifs is 1. The zero-order chi connectivity index (χ0) is 16.0. The number of aromatic nitrogens is 2. The molecule has 0 spiro atoms. The molecule has 0 aliphatic rings. The molecule has 0 radical (unpaired) electrons. The average molecular weight is 438 g/mol. The van der Waals surface area contributed by atoms with Crippen LogP contribution in [0, 0.1) is 3.70 Å². The van der Waals surface area contributed by atoms with Gasteiger partial charge in [-0.3, -0.25) is 0 Å². The monoisotopic (exact) mass is 438 g/mol. The Balaban J connectivity index is 2.38. The van der Waals surface area contributed by atoms with Crippen molar-refractivity contribution in [1.29, 1.82) is 0 Å². The van der Waals surface area contributed by atoms with E-state index in [0.29, 0.717) is 9.22 Å². The molecule has 8 heteroatoms. The van der Waals surface area contributed by atoms with E-state index in [9.17, 15) is 9.90 Å². The molecule has 2 aromatic heterocycles. The van der Waals surface area contributed by atoms with Crippen molar-refractivity contribution in [1.82, 2.24) is 9.78 Å². The van der Waals surface area contributed by atoms with Crippen molar-refractivity contribution in [3.63, 3.8) is 0 Å². The highest BCUT2D eigenvalue weighted by atomic mass is 127. The van der Waals surface area contributed by atoms with Gasteiger partial charge in [0, 0.05) is 4.88 Å². The summed E-state index contributed by atoms with van der Waals surface area (Å²) in [4.78, 5) is 12.3. The summed E-state index contributed by atoms with van der Waals surface area (Å²) in [6.45, 7) is 10.6. The van der Waals surface area contributed by atoms with Crippen LogP contribution in [0.2, 0.25) is 5.04 Å². The van der Waals surface area contributed by atoms with Crippen LogP contribution in [0.5, 0.6) is 0 Å². The lowest BCUT2D eigenvalue weighted by Gasteiger charge is -2.29. The SMILES string of the molecule is CC(C)(C)[SiH2]OC(C)(C)c1cc2c(s1)c(I)nn2C(=O)O. The van der Waals surface area contributed by atoms with Crippen LogP contribution in [0.25, 0.3) is 10.2 Å². The lowest BCUT2D eigenvalue weighted by molar-refractivity contribution is 0.113. The van der Waals surface area contributed by atoms with Crippen LogP contribution in [0.4, 0.5) is 4.79 Å². The fourth-order valence-electron chi connectivity index (χ4n) is 1.78. The van der Waals surface area contributed by atoms with E-state index in [2.05, 4.69) is 48.5 Å². The molecule has 0 aliphatic heterocycles. The quantitative estimate of drug-likeness (QED) is 0.585. The van der Waals surface area contributed by atoms with Crippen LogP contribution in [0.1, 0.15) is 39.5 Å². The number of halogens is 1. The minimum atomic E-state index is -1.06. The maximum atomic E-state index is 11.2. The Morgan fingerprint density at radius 2 is 2.05 bits per heavy atom. The van der Waals surface area contributed by atoms with E-state index < -0.39 is 21.5 Å². The molecule has 0 fully saturated rings. The zero-order valence-electron chi connectivity index (χ0n) is 12.7. The number of carbonyl (C=O) groups is 1. The molecular weight excluding hydrogens is 419 g/mol. The number of thiophene rings is 1. The molecule has 5 nitrogen and oxygen atoms in total. The van der Waals surface area contributed by atoms with E-state index in [4.69, 9.17) is 4.43 Å². The highest BCUT2D eigenvalue weighted by molar-refractivity contribution is 14.1. The lowest BCUT2D eigenvalue weighted by Crippen LogP contribution is -2.26. The summed E-state index contributed by atoms with van der Waals surface area (Å²) in [5, 5.41) is 13.5. The molecule has 0 aliphatic carbocycles. The van der Waals surface area contributed by atoms with E-state index in [0.717, 1.165) is 14.3 Å². The van der Waals surface area contributed by atoms with Gasteiger partial charge >= 0.3 is 6.09 Å². The average Bonchev–Trinajstić information content (AvgIpc) is 2.87. The van der Waals surface area contributed by atoms with E-state index in [-0.39, 0.29) is 5.04 Å². The molecule has 1 N–H and O–H groups in total. The predicted octanol–water partition coefficient (Wildman–Crippen LogP) is 3.78. The van der Waals surface area contributed by atoms with Crippen LogP contribution in [0.3, 0.4) is 0 Å². The standard InChI is InChI=1S/C13H19IN2O3SSi/c1-12(2,3)21-19-13(4,5)8-6-7-9(20-8)10(14)15-16(7)11(17)18/h6H,21H2,1-5H3,(H,17,18). The maximum absolute atomic E-state index is 11.2. The van der Waals surface area contributed by atoms with E-state index in [1.807, 2.05) is 19.9 Å². The van der Waals surface area contributed by atoms with Gasteiger partial charge < -0.3 is 9.53 Å². The first kappa shape index (κ1) is 16.9. The largest absolute Gasteiger partial charge is 0.463 e. The summed E-state index contributed by atoms with van der Waals surface area (Å²) in [7, 11) is -0.687. The summed E-state index contributed by atoms with van der Waals surface area (Å²) >= 11 is 3.63. The fraction of sp³-hybridized carbons (Fsp3) is 0.538. The van der Waals surface area contributed by atoms with Crippen LogP contribution >= 0.6 is 33.9 Å². The normalized spacial score (nSPS) is 13.6. The van der Waals surface area contributed by atoms with Gasteiger partial charge in [-0.1, -0.05) is 20.8 Å². The minimum Gasteiger partial charge on any atom is -0.463 e. The van der Waals surface area contributed by atoms with E-state index in [1.165, 1.54) is 0 Å². The highest BCUT2D eigenvalue weighted by Crippen LogP contribution is 2.38. The number of hydrogen-bond donors (Lipinski definition) is 1. The topological polar surface area (TPSA) is 64.4 Å². The molecule has 0 unspecified atom stereocenters. The molecule has 2 aromatic rings. The number of carboxylic acid groups (broad SMARTS) is 1. The highest BCUT2D eigenvalue weighted by Gasteiger charge is 2.28. The van der Waals surface area contributed by atoms with Crippen LogP contribution < -0.4 is 0 Å². The van der Waals surface area contributed by atoms with Crippen molar-refractivity contribution in [2.24, 2.45) is 0 Å². The molecule has 21 heavy (non-hydrogen) atoms. The summed E-state index contributed by atoms with van der Waals surface area (Å²) in [5.74, 6) is 0. The summed E-state index contributed by atoms with van der Waals surface area (Å²) < 4.78 is 8.84. The fourth-order valence-corrected chi connectivity index (χ4v) is 4.73. The minimum absolute atomic E-state index is 0.222. The third kappa shape index (κ3) is 3.66. The van der Waals surface area contributed by atoms with Gasteiger partial charge in [-0.15, -0.1) is 11.3 Å². The summed E-state index contributed by atoms with van der Waals surface area (Å²) in [5.41, 5.74) is 0.247. The van der Waals surface area contributed by atoms with Gasteiger partial charge in [0.25, 0.3) is 0 Å². The molecule has 116 valence electrons. The molecular formula is C13H19IN2O3SSi. The third-order valence-electron chi connectivity index (χ3n) is 2.96. The maximum Gasteiger partial charge on any atom is 0.432 e. The predicted molar refractivity (Wildman–Crippen MR) is 96.1 cm³/mol. The van der Waals surface area contributed by atoms with Gasteiger partial charge in [0.1, 0.15) is 3.70 Å². The Bertz CT molecular complexity index is 687.